The van der Waals surface area contributed by atoms with E-state index in [-0.39, 0.29) is 43.2 Å². The fourth-order valence-corrected chi connectivity index (χ4v) is 1.89. The molecule has 0 bridgehead atoms. The van der Waals surface area contributed by atoms with E-state index in [1.54, 1.807) is 6.20 Å². The number of carbonyl (C=O) groups excluding carboxylic acids is 1. The van der Waals surface area contributed by atoms with Crippen molar-refractivity contribution >= 4 is 30.7 Å². The number of aromatic nitrogens is 1. The van der Waals surface area contributed by atoms with Crippen molar-refractivity contribution in [2.45, 2.75) is 25.9 Å². The molecule has 3 N–H and O–H groups in total. The van der Waals surface area contributed by atoms with Crippen molar-refractivity contribution < 1.29 is 4.79 Å². The Bertz CT molecular complexity index is 561. The molecule has 1 aromatic heterocycles. The lowest BCUT2D eigenvalue weighted by Gasteiger charge is -2.12. The van der Waals surface area contributed by atoms with Gasteiger partial charge in [0.05, 0.1) is 0 Å². The zero-order valence-electron chi connectivity index (χ0n) is 12.4. The Morgan fingerprint density at radius 1 is 1.18 bits per heavy atom. The molecule has 22 heavy (non-hydrogen) atoms. The van der Waals surface area contributed by atoms with E-state index in [1.807, 2.05) is 49.4 Å². The van der Waals surface area contributed by atoms with Crippen molar-refractivity contribution in [3.8, 4) is 0 Å². The first-order chi connectivity index (χ1) is 9.65. The number of nitrogens with two attached hydrogens (primary N) is 1. The summed E-state index contributed by atoms with van der Waals surface area (Å²) in [6.07, 6.45) is 2.05. The van der Waals surface area contributed by atoms with E-state index in [1.165, 1.54) is 0 Å². The number of nitrogens with one attached hydrogen (secondary N) is 1. The molecule has 0 aliphatic carbocycles. The molecule has 0 radical (unpaired) electrons. The first-order valence-electron chi connectivity index (χ1n) is 6.64. The van der Waals surface area contributed by atoms with Crippen molar-refractivity contribution in [1.82, 2.24) is 10.3 Å². The molecule has 2 rings (SSSR count). The van der Waals surface area contributed by atoms with Gasteiger partial charge in [-0.05, 0) is 24.1 Å². The summed E-state index contributed by atoms with van der Waals surface area (Å²) in [5, 5.41) is 2.86. The van der Waals surface area contributed by atoms with Crippen LogP contribution in [0.3, 0.4) is 0 Å². The second-order valence-corrected chi connectivity index (χ2v) is 4.81. The number of rotatable bonds is 5. The zero-order valence-corrected chi connectivity index (χ0v) is 14.0. The van der Waals surface area contributed by atoms with Crippen LogP contribution in [0.1, 0.15) is 29.3 Å². The second-order valence-electron chi connectivity index (χ2n) is 4.81. The van der Waals surface area contributed by atoms with Gasteiger partial charge in [-0.15, -0.1) is 24.8 Å². The Hall–Kier alpha value is -1.62. The largest absolute Gasteiger partial charge is 0.352 e. The van der Waals surface area contributed by atoms with Crippen molar-refractivity contribution in [2.24, 2.45) is 5.73 Å². The van der Waals surface area contributed by atoms with Gasteiger partial charge >= 0.3 is 0 Å². The number of carbonyl (C=O) groups is 1. The van der Waals surface area contributed by atoms with Gasteiger partial charge in [0.2, 0.25) is 5.91 Å². The predicted octanol–water partition coefficient (Wildman–Crippen LogP) is 2.94. The number of pyridine rings is 1. The van der Waals surface area contributed by atoms with Gasteiger partial charge < -0.3 is 11.1 Å². The first-order valence-corrected chi connectivity index (χ1v) is 6.64. The highest BCUT2D eigenvalue weighted by molar-refractivity contribution is 5.85. The van der Waals surface area contributed by atoms with Crippen LogP contribution in [0, 0.1) is 6.92 Å². The van der Waals surface area contributed by atoms with Gasteiger partial charge in [0.25, 0.3) is 0 Å². The molecular formula is C16H21Cl2N3O. The molecule has 0 saturated heterocycles. The van der Waals surface area contributed by atoms with Gasteiger partial charge in [0.1, 0.15) is 0 Å². The van der Waals surface area contributed by atoms with Crippen molar-refractivity contribution in [3.63, 3.8) is 0 Å². The molecule has 0 fully saturated rings. The summed E-state index contributed by atoms with van der Waals surface area (Å²) < 4.78 is 0. The van der Waals surface area contributed by atoms with Crippen molar-refractivity contribution in [3.05, 3.63) is 65.5 Å². The number of hydrogen-bond donors (Lipinski definition) is 2. The maximum Gasteiger partial charge on any atom is 0.222 e. The van der Waals surface area contributed by atoms with Crippen LogP contribution < -0.4 is 11.1 Å². The smallest absolute Gasteiger partial charge is 0.222 e. The predicted molar refractivity (Wildman–Crippen MR) is 93.3 cm³/mol. The summed E-state index contributed by atoms with van der Waals surface area (Å²) in [5.74, 6) is -0.0538. The van der Waals surface area contributed by atoms with Crippen LogP contribution in [0.4, 0.5) is 0 Å². The van der Waals surface area contributed by atoms with E-state index in [0.717, 1.165) is 16.8 Å². The molecule has 1 unspecified atom stereocenters. The molecule has 0 aliphatic heterocycles. The topological polar surface area (TPSA) is 68.0 Å². The summed E-state index contributed by atoms with van der Waals surface area (Å²) >= 11 is 0. The first kappa shape index (κ1) is 20.4. The van der Waals surface area contributed by atoms with Gasteiger partial charge in [0, 0.05) is 30.9 Å². The Kier molecular flexibility index (Phi) is 9.42. The number of aryl methyl sites for hydroxylation is 1. The minimum atomic E-state index is -0.271. The number of nitrogens with zero attached hydrogens (tertiary/aromatic N) is 1. The molecule has 1 amide bonds. The summed E-state index contributed by atoms with van der Waals surface area (Å²) in [6.45, 7) is 2.41. The monoisotopic (exact) mass is 341 g/mol. The van der Waals surface area contributed by atoms with Crippen LogP contribution in [0.25, 0.3) is 0 Å². The highest BCUT2D eigenvalue weighted by atomic mass is 35.5. The number of hydrogen-bond acceptors (Lipinski definition) is 3. The summed E-state index contributed by atoms with van der Waals surface area (Å²) in [6, 6.07) is 13.3. The minimum absolute atomic E-state index is 0. The quantitative estimate of drug-likeness (QED) is 0.878. The lowest BCUT2D eigenvalue weighted by Crippen LogP contribution is -2.27. The lowest BCUT2D eigenvalue weighted by molar-refractivity contribution is -0.121. The molecule has 1 aromatic carbocycles. The molecule has 2 aromatic rings. The van der Waals surface area contributed by atoms with E-state index in [4.69, 9.17) is 5.73 Å². The van der Waals surface area contributed by atoms with Crippen molar-refractivity contribution in [1.29, 1.82) is 0 Å². The lowest BCUT2D eigenvalue weighted by atomic mass is 10.0. The SMILES string of the molecule is Cc1ccc(CNC(=O)CC(N)c2ccccc2)cn1.Cl.Cl. The molecular weight excluding hydrogens is 321 g/mol. The second kappa shape index (κ2) is 10.2. The van der Waals surface area contributed by atoms with Gasteiger partial charge in [-0.3, -0.25) is 9.78 Å². The van der Waals surface area contributed by atoms with E-state index >= 15 is 0 Å². The highest BCUT2D eigenvalue weighted by Gasteiger charge is 2.10. The number of halogens is 2. The molecule has 0 aliphatic rings. The van der Waals surface area contributed by atoms with E-state index < -0.39 is 0 Å². The number of benzene rings is 1. The van der Waals surface area contributed by atoms with Crippen molar-refractivity contribution in [2.75, 3.05) is 0 Å². The molecule has 0 saturated carbocycles. The van der Waals surface area contributed by atoms with E-state index in [2.05, 4.69) is 10.3 Å². The van der Waals surface area contributed by atoms with E-state index in [0.29, 0.717) is 6.54 Å². The van der Waals surface area contributed by atoms with E-state index in [9.17, 15) is 4.79 Å². The Balaban J connectivity index is 0.00000220. The Morgan fingerprint density at radius 2 is 1.86 bits per heavy atom. The average Bonchev–Trinajstić information content (AvgIpc) is 2.47. The van der Waals surface area contributed by atoms with Crippen LogP contribution >= 0.6 is 24.8 Å². The molecule has 0 spiro atoms. The van der Waals surface area contributed by atoms with Crippen LogP contribution in [0.5, 0.6) is 0 Å². The maximum absolute atomic E-state index is 11.9. The number of amides is 1. The average molecular weight is 342 g/mol. The third-order valence-corrected chi connectivity index (χ3v) is 3.10. The van der Waals surface area contributed by atoms with Crippen LogP contribution in [0.2, 0.25) is 0 Å². The summed E-state index contributed by atoms with van der Waals surface area (Å²) in [7, 11) is 0. The molecule has 1 atom stereocenters. The van der Waals surface area contributed by atoms with Gasteiger partial charge in [0.15, 0.2) is 0 Å². The summed E-state index contributed by atoms with van der Waals surface area (Å²) in [5.41, 5.74) is 8.93. The normalized spacial score (nSPS) is 10.8. The van der Waals surface area contributed by atoms with Gasteiger partial charge in [-0.2, -0.15) is 0 Å². The Labute approximate surface area is 143 Å². The Morgan fingerprint density at radius 3 is 2.45 bits per heavy atom. The van der Waals surface area contributed by atoms with Crippen LogP contribution in [-0.2, 0) is 11.3 Å². The molecule has 4 nitrogen and oxygen atoms in total. The third kappa shape index (κ3) is 6.43. The highest BCUT2D eigenvalue weighted by Crippen LogP contribution is 2.12. The molecule has 1 heterocycles. The summed E-state index contributed by atoms with van der Waals surface area (Å²) in [4.78, 5) is 16.0. The van der Waals surface area contributed by atoms with Gasteiger partial charge in [-0.1, -0.05) is 36.4 Å². The third-order valence-electron chi connectivity index (χ3n) is 3.10. The maximum atomic E-state index is 11.9. The standard InChI is InChI=1S/C16H19N3O.2ClH/c1-12-7-8-13(10-18-12)11-19-16(20)9-15(17)14-5-3-2-4-6-14;;/h2-8,10,15H,9,11,17H2,1H3,(H,19,20);2*1H. The fourth-order valence-electron chi connectivity index (χ4n) is 1.89. The van der Waals surface area contributed by atoms with Crippen LogP contribution in [-0.4, -0.2) is 10.9 Å². The molecule has 120 valence electrons. The molecule has 6 heteroatoms. The van der Waals surface area contributed by atoms with Crippen LogP contribution in [0.15, 0.2) is 48.7 Å². The fraction of sp³-hybridized carbons (Fsp3) is 0.250. The zero-order chi connectivity index (χ0) is 14.4. The minimum Gasteiger partial charge on any atom is -0.352 e. The van der Waals surface area contributed by atoms with Gasteiger partial charge in [-0.25, -0.2) is 0 Å².